The van der Waals surface area contributed by atoms with Crippen molar-refractivity contribution >= 4 is 0 Å². The first-order chi connectivity index (χ1) is 15.2. The number of aliphatic hydroxyl groups is 5. The van der Waals surface area contributed by atoms with Gasteiger partial charge in [0.2, 0.25) is 0 Å². The molecule has 4 aliphatic rings. The van der Waals surface area contributed by atoms with E-state index >= 15 is 0 Å². The van der Waals surface area contributed by atoms with E-state index in [0.29, 0.717) is 29.6 Å². The lowest BCUT2D eigenvalue weighted by molar-refractivity contribution is -0.207. The number of fused-ring (bicyclic) bond motifs is 5. The van der Waals surface area contributed by atoms with Crippen LogP contribution in [0.5, 0.6) is 0 Å². The minimum absolute atomic E-state index is 0.0183. The molecule has 0 heterocycles. The van der Waals surface area contributed by atoms with Crippen molar-refractivity contribution < 1.29 is 25.5 Å². The largest absolute Gasteiger partial charge is 0.396 e. The first kappa shape index (κ1) is 24.9. The summed E-state index contributed by atoms with van der Waals surface area (Å²) in [5.41, 5.74) is -0.0228. The van der Waals surface area contributed by atoms with Gasteiger partial charge in [-0.05, 0) is 97.7 Å². The molecule has 4 fully saturated rings. The lowest BCUT2D eigenvalue weighted by Gasteiger charge is -2.63. The molecule has 32 heavy (non-hydrogen) atoms. The van der Waals surface area contributed by atoms with Crippen molar-refractivity contribution in [1.82, 2.24) is 0 Å². The summed E-state index contributed by atoms with van der Waals surface area (Å²) in [7, 11) is 0. The molecule has 0 aliphatic heterocycles. The van der Waals surface area contributed by atoms with E-state index in [0.717, 1.165) is 64.2 Å². The standard InChI is InChI=1S/C27H48O5/c1-16(5-4-6-17(14-28)15-29)20-7-8-21-25-22(13-24(32)27(20,21)3)26(2)10-9-19(30)11-18(26)12-23(25)31/h16-25,28-32H,4-15H2,1-3H3/t16?,18-,19+,20?,21?,22?,23?,24-,25?,26?,27?/m0/s1. The second-order valence-corrected chi connectivity index (χ2v) is 12.7. The Labute approximate surface area is 194 Å². The Morgan fingerprint density at radius 1 is 0.875 bits per heavy atom. The van der Waals surface area contributed by atoms with Gasteiger partial charge in [0.1, 0.15) is 0 Å². The monoisotopic (exact) mass is 452 g/mol. The molecule has 8 unspecified atom stereocenters. The van der Waals surface area contributed by atoms with E-state index < -0.39 is 0 Å². The highest BCUT2D eigenvalue weighted by Gasteiger charge is 2.65. The molecule has 0 bridgehead atoms. The maximum absolute atomic E-state index is 11.6. The molecule has 4 aliphatic carbocycles. The summed E-state index contributed by atoms with van der Waals surface area (Å²) in [6, 6.07) is 0. The Hall–Kier alpha value is -0.200. The van der Waals surface area contributed by atoms with E-state index in [2.05, 4.69) is 20.8 Å². The van der Waals surface area contributed by atoms with E-state index in [1.54, 1.807) is 0 Å². The summed E-state index contributed by atoms with van der Waals surface area (Å²) in [6.45, 7) is 7.11. The van der Waals surface area contributed by atoms with E-state index in [-0.39, 0.29) is 54.2 Å². The van der Waals surface area contributed by atoms with Crippen molar-refractivity contribution in [1.29, 1.82) is 0 Å². The lowest BCUT2D eigenvalue weighted by atomic mass is 9.43. The molecule has 4 rings (SSSR count). The van der Waals surface area contributed by atoms with Gasteiger partial charge in [0.15, 0.2) is 0 Å². The second kappa shape index (κ2) is 9.45. The predicted molar refractivity (Wildman–Crippen MR) is 125 cm³/mol. The van der Waals surface area contributed by atoms with Crippen molar-refractivity contribution in [2.24, 2.45) is 52.3 Å². The Bertz CT molecular complexity index is 638. The van der Waals surface area contributed by atoms with Gasteiger partial charge >= 0.3 is 0 Å². The van der Waals surface area contributed by atoms with Gasteiger partial charge in [-0.3, -0.25) is 0 Å². The van der Waals surface area contributed by atoms with Gasteiger partial charge in [-0.25, -0.2) is 0 Å². The first-order valence-electron chi connectivity index (χ1n) is 13.4. The topological polar surface area (TPSA) is 101 Å². The molecular formula is C27H48O5. The first-order valence-corrected chi connectivity index (χ1v) is 13.4. The Morgan fingerprint density at radius 2 is 1.59 bits per heavy atom. The van der Waals surface area contributed by atoms with Crippen molar-refractivity contribution in [3.63, 3.8) is 0 Å². The molecule has 0 saturated heterocycles. The summed E-state index contributed by atoms with van der Waals surface area (Å²) in [5, 5.41) is 52.0. The minimum atomic E-state index is -0.332. The van der Waals surface area contributed by atoms with E-state index in [4.69, 9.17) is 0 Å². The van der Waals surface area contributed by atoms with Crippen LogP contribution < -0.4 is 0 Å². The van der Waals surface area contributed by atoms with Gasteiger partial charge in [-0.1, -0.05) is 33.6 Å². The highest BCUT2D eigenvalue weighted by Crippen LogP contribution is 2.68. The molecular weight excluding hydrogens is 404 g/mol. The molecule has 0 spiro atoms. The molecule has 0 amide bonds. The van der Waals surface area contributed by atoms with Crippen LogP contribution in [0.4, 0.5) is 0 Å². The number of rotatable bonds is 7. The Kier molecular flexibility index (Phi) is 7.36. The normalized spacial score (nSPS) is 49.4. The number of hydrogen-bond acceptors (Lipinski definition) is 5. The zero-order valence-electron chi connectivity index (χ0n) is 20.5. The maximum atomic E-state index is 11.6. The Morgan fingerprint density at radius 3 is 2.28 bits per heavy atom. The predicted octanol–water partition coefficient (Wildman–Crippen LogP) is 3.36. The third-order valence-corrected chi connectivity index (χ3v) is 11.3. The third kappa shape index (κ3) is 3.98. The van der Waals surface area contributed by atoms with Gasteiger partial charge in [-0.2, -0.15) is 0 Å². The van der Waals surface area contributed by atoms with Crippen LogP contribution in [0.3, 0.4) is 0 Å². The lowest BCUT2D eigenvalue weighted by Crippen LogP contribution is -2.62. The maximum Gasteiger partial charge on any atom is 0.0602 e. The van der Waals surface area contributed by atoms with Crippen molar-refractivity contribution in [3.05, 3.63) is 0 Å². The quantitative estimate of drug-likeness (QED) is 0.408. The number of hydrogen-bond donors (Lipinski definition) is 5. The zero-order valence-corrected chi connectivity index (χ0v) is 20.5. The Balaban J connectivity index is 1.50. The van der Waals surface area contributed by atoms with E-state index in [1.165, 1.54) is 0 Å². The molecule has 0 aromatic heterocycles. The molecule has 5 nitrogen and oxygen atoms in total. The van der Waals surface area contributed by atoms with Crippen LogP contribution in [0.2, 0.25) is 0 Å². The second-order valence-electron chi connectivity index (χ2n) is 12.7. The molecule has 5 N–H and O–H groups in total. The third-order valence-electron chi connectivity index (χ3n) is 11.3. The van der Waals surface area contributed by atoms with Gasteiger partial charge < -0.3 is 25.5 Å². The zero-order chi connectivity index (χ0) is 23.3. The fourth-order valence-electron chi connectivity index (χ4n) is 9.30. The van der Waals surface area contributed by atoms with Crippen molar-refractivity contribution in [3.8, 4) is 0 Å². The molecule has 186 valence electrons. The van der Waals surface area contributed by atoms with Crippen LogP contribution in [-0.4, -0.2) is 57.1 Å². The van der Waals surface area contributed by atoms with E-state index in [1.807, 2.05) is 0 Å². The van der Waals surface area contributed by atoms with Crippen LogP contribution in [-0.2, 0) is 0 Å². The number of aliphatic hydroxyl groups excluding tert-OH is 5. The minimum Gasteiger partial charge on any atom is -0.396 e. The molecule has 0 aromatic rings. The highest BCUT2D eigenvalue weighted by atomic mass is 16.3. The average Bonchev–Trinajstić information content (AvgIpc) is 3.12. The molecule has 5 heteroatoms. The molecule has 0 aromatic carbocycles. The summed E-state index contributed by atoms with van der Waals surface area (Å²) < 4.78 is 0. The van der Waals surface area contributed by atoms with Gasteiger partial charge in [0, 0.05) is 19.1 Å². The van der Waals surface area contributed by atoms with Crippen LogP contribution in [0.1, 0.15) is 85.0 Å². The fourth-order valence-corrected chi connectivity index (χ4v) is 9.30. The fraction of sp³-hybridized carbons (Fsp3) is 1.00. The summed E-state index contributed by atoms with van der Waals surface area (Å²) in [5.74, 6) is 2.27. The average molecular weight is 453 g/mol. The van der Waals surface area contributed by atoms with Crippen LogP contribution in [0, 0.1) is 52.3 Å². The van der Waals surface area contributed by atoms with Crippen LogP contribution in [0.15, 0.2) is 0 Å². The van der Waals surface area contributed by atoms with Gasteiger partial charge in [0.05, 0.1) is 18.3 Å². The van der Waals surface area contributed by atoms with Crippen molar-refractivity contribution in [2.75, 3.05) is 13.2 Å². The van der Waals surface area contributed by atoms with Crippen molar-refractivity contribution in [2.45, 2.75) is 103 Å². The van der Waals surface area contributed by atoms with Gasteiger partial charge in [0.25, 0.3) is 0 Å². The van der Waals surface area contributed by atoms with Crippen LogP contribution >= 0.6 is 0 Å². The molecule has 0 radical (unpaired) electrons. The highest BCUT2D eigenvalue weighted by molar-refractivity contribution is 5.14. The summed E-state index contributed by atoms with van der Waals surface area (Å²) in [6.07, 6.45) is 8.51. The molecule has 11 atom stereocenters. The smallest absolute Gasteiger partial charge is 0.0602 e. The van der Waals surface area contributed by atoms with Gasteiger partial charge in [-0.15, -0.1) is 0 Å². The van der Waals surface area contributed by atoms with E-state index in [9.17, 15) is 25.5 Å². The van der Waals surface area contributed by atoms with Crippen LogP contribution in [0.25, 0.3) is 0 Å². The summed E-state index contributed by atoms with van der Waals surface area (Å²) >= 11 is 0. The SMILES string of the molecule is CC(CCCC(CO)CO)C1CCC2C3C(O)C[C@@H]4C[C@H](O)CCC4(C)C3C[C@H](O)C12C. The summed E-state index contributed by atoms with van der Waals surface area (Å²) in [4.78, 5) is 0. The molecule has 4 saturated carbocycles.